The standard InChI is InChI=1S/C18H13ClF7N3O2/c19-13-12-10(1-4-27-13)16(2-3-17(12,22)23)7-30-8-29(16)14-11(31-15(20)21)5-9(6-28-14)18(24,25)26/h1,4-6,15H,2-3,7-8H2/i8D/t8-,16?/m0/s1. The lowest BCUT2D eigenvalue weighted by Crippen LogP contribution is -2.49. The fourth-order valence-corrected chi connectivity index (χ4v) is 4.12. The van der Waals surface area contributed by atoms with Crippen molar-refractivity contribution in [2.45, 2.75) is 37.1 Å². The molecule has 13 heteroatoms. The second kappa shape index (κ2) is 7.37. The predicted molar refractivity (Wildman–Crippen MR) is 93.2 cm³/mol. The van der Waals surface area contributed by atoms with Gasteiger partial charge in [-0.2, -0.15) is 22.0 Å². The SMILES string of the molecule is [2H][C@@H]1OCC2(CCC(F)(F)c3c2ccnc3Cl)N1c1ncc(C(F)(F)F)cc1OC(F)F. The molecule has 5 nitrogen and oxygen atoms in total. The van der Waals surface area contributed by atoms with Crippen LogP contribution >= 0.6 is 11.6 Å². The highest BCUT2D eigenvalue weighted by atomic mass is 35.5. The molecule has 2 aliphatic rings. The van der Waals surface area contributed by atoms with Crippen LogP contribution in [0.2, 0.25) is 5.15 Å². The molecule has 0 aromatic carbocycles. The van der Waals surface area contributed by atoms with Crippen molar-refractivity contribution in [3.63, 3.8) is 0 Å². The number of hydrogen-bond donors (Lipinski definition) is 0. The molecule has 1 spiro atoms. The maximum Gasteiger partial charge on any atom is 0.418 e. The van der Waals surface area contributed by atoms with Gasteiger partial charge in [0.1, 0.15) is 11.9 Å². The first-order valence-electron chi connectivity index (χ1n) is 9.33. The first kappa shape index (κ1) is 20.6. The van der Waals surface area contributed by atoms with E-state index in [0.717, 1.165) is 11.1 Å². The number of alkyl halides is 7. The Labute approximate surface area is 177 Å². The molecule has 2 aromatic heterocycles. The van der Waals surface area contributed by atoms with Gasteiger partial charge in [0.05, 0.1) is 24.6 Å². The zero-order valence-corrected chi connectivity index (χ0v) is 16.0. The fraction of sp³-hybridized carbons (Fsp3) is 0.444. The van der Waals surface area contributed by atoms with Crippen molar-refractivity contribution in [1.29, 1.82) is 0 Å². The Morgan fingerprint density at radius 1 is 1.26 bits per heavy atom. The molecule has 168 valence electrons. The van der Waals surface area contributed by atoms with E-state index in [4.69, 9.17) is 17.7 Å². The molecule has 1 aliphatic heterocycles. The molecule has 0 saturated carbocycles. The summed E-state index contributed by atoms with van der Waals surface area (Å²) in [5.74, 6) is -4.94. The maximum atomic E-state index is 14.7. The molecule has 0 bridgehead atoms. The van der Waals surface area contributed by atoms with Gasteiger partial charge >= 0.3 is 12.8 Å². The molecule has 31 heavy (non-hydrogen) atoms. The Kier molecular flexibility index (Phi) is 4.88. The van der Waals surface area contributed by atoms with Crippen LogP contribution < -0.4 is 9.64 Å². The highest BCUT2D eigenvalue weighted by molar-refractivity contribution is 6.30. The third kappa shape index (κ3) is 3.65. The summed E-state index contributed by atoms with van der Waals surface area (Å²) in [4.78, 5) is 8.25. The number of anilines is 1. The summed E-state index contributed by atoms with van der Waals surface area (Å²) >= 11 is 5.93. The molecule has 0 radical (unpaired) electrons. The van der Waals surface area contributed by atoms with Gasteiger partial charge in [0, 0.05) is 18.8 Å². The van der Waals surface area contributed by atoms with Crippen LogP contribution in [0.1, 0.15) is 30.9 Å². The Hall–Kier alpha value is -2.34. The van der Waals surface area contributed by atoms with E-state index in [1.807, 2.05) is 0 Å². The quantitative estimate of drug-likeness (QED) is 0.447. The number of aromatic nitrogens is 2. The van der Waals surface area contributed by atoms with Gasteiger partial charge in [0.2, 0.25) is 0 Å². The summed E-state index contributed by atoms with van der Waals surface area (Å²) in [7, 11) is 0. The minimum absolute atomic E-state index is 0.0896. The Bertz CT molecular complexity index is 1040. The van der Waals surface area contributed by atoms with Crippen LogP contribution in [0.15, 0.2) is 24.5 Å². The fourth-order valence-electron chi connectivity index (χ4n) is 3.82. The van der Waals surface area contributed by atoms with Crippen LogP contribution in [0, 0.1) is 0 Å². The van der Waals surface area contributed by atoms with Crippen molar-refractivity contribution in [1.82, 2.24) is 9.97 Å². The largest absolute Gasteiger partial charge is 0.431 e. The zero-order chi connectivity index (χ0) is 23.5. The van der Waals surface area contributed by atoms with Crippen LogP contribution in [-0.2, 0) is 22.4 Å². The van der Waals surface area contributed by atoms with Crippen LogP contribution in [0.4, 0.5) is 36.6 Å². The first-order chi connectivity index (χ1) is 14.9. The normalized spacial score (nSPS) is 25.6. The number of ether oxygens (including phenoxy) is 2. The molecule has 4 rings (SSSR count). The zero-order valence-electron chi connectivity index (χ0n) is 16.3. The van der Waals surface area contributed by atoms with Crippen LogP contribution in [0.3, 0.4) is 0 Å². The van der Waals surface area contributed by atoms with Crippen molar-refractivity contribution in [2.24, 2.45) is 0 Å². The molecule has 1 fully saturated rings. The minimum Gasteiger partial charge on any atom is -0.431 e. The summed E-state index contributed by atoms with van der Waals surface area (Å²) in [6.07, 6.45) is -4.48. The molecule has 1 aliphatic carbocycles. The smallest absolute Gasteiger partial charge is 0.418 e. The number of hydrogen-bond acceptors (Lipinski definition) is 5. The Morgan fingerprint density at radius 2 is 2.00 bits per heavy atom. The average Bonchev–Trinajstić information content (AvgIpc) is 3.01. The van der Waals surface area contributed by atoms with Crippen molar-refractivity contribution in [2.75, 3.05) is 18.2 Å². The van der Waals surface area contributed by atoms with Crippen molar-refractivity contribution >= 4 is 17.4 Å². The summed E-state index contributed by atoms with van der Waals surface area (Å²) in [6.45, 7) is -5.52. The monoisotopic (exact) mass is 472 g/mol. The summed E-state index contributed by atoms with van der Waals surface area (Å²) in [5.41, 5.74) is -3.63. The van der Waals surface area contributed by atoms with Gasteiger partial charge in [-0.25, -0.2) is 18.7 Å². The molecule has 0 N–H and O–H groups in total. The van der Waals surface area contributed by atoms with Gasteiger partial charge in [0.25, 0.3) is 5.92 Å². The first-order valence-corrected chi connectivity index (χ1v) is 9.13. The van der Waals surface area contributed by atoms with Crippen LogP contribution in [0.5, 0.6) is 5.75 Å². The number of halogens is 8. The molecule has 1 saturated heterocycles. The molecular weight excluding hydrogens is 459 g/mol. The van der Waals surface area contributed by atoms with E-state index >= 15 is 0 Å². The summed E-state index contributed by atoms with van der Waals surface area (Å²) in [5, 5.41) is -0.496. The number of rotatable bonds is 3. The van der Waals surface area contributed by atoms with E-state index in [0.29, 0.717) is 12.3 Å². The molecule has 3 heterocycles. The molecule has 1 unspecified atom stereocenters. The van der Waals surface area contributed by atoms with Crippen molar-refractivity contribution in [3.8, 4) is 5.75 Å². The van der Waals surface area contributed by atoms with Gasteiger partial charge in [-0.05, 0) is 24.1 Å². The minimum atomic E-state index is -4.91. The molecule has 2 aromatic rings. The second-order valence-corrected chi connectivity index (χ2v) is 7.33. The number of pyridine rings is 2. The lowest BCUT2D eigenvalue weighted by atomic mass is 9.75. The summed E-state index contributed by atoms with van der Waals surface area (Å²) in [6, 6.07) is 1.53. The van der Waals surface area contributed by atoms with Gasteiger partial charge in [-0.15, -0.1) is 0 Å². The highest BCUT2D eigenvalue weighted by Gasteiger charge is 2.55. The lowest BCUT2D eigenvalue weighted by molar-refractivity contribution is -0.138. The van der Waals surface area contributed by atoms with E-state index in [1.165, 1.54) is 6.07 Å². The van der Waals surface area contributed by atoms with Crippen LogP contribution in [-0.4, -0.2) is 29.9 Å². The topological polar surface area (TPSA) is 47.5 Å². The number of nitrogens with zero attached hydrogens (tertiary/aromatic N) is 3. The van der Waals surface area contributed by atoms with Gasteiger partial charge in [-0.3, -0.25) is 0 Å². The Morgan fingerprint density at radius 3 is 2.68 bits per heavy atom. The third-order valence-electron chi connectivity index (χ3n) is 5.19. The predicted octanol–water partition coefficient (Wildman–Crippen LogP) is 5.33. The molecule has 2 atom stereocenters. The van der Waals surface area contributed by atoms with Crippen LogP contribution in [0.25, 0.3) is 0 Å². The van der Waals surface area contributed by atoms with Crippen molar-refractivity contribution < 1.29 is 41.6 Å². The number of fused-ring (bicyclic) bond motifs is 2. The van der Waals surface area contributed by atoms with Gasteiger partial charge in [0.15, 0.2) is 11.6 Å². The van der Waals surface area contributed by atoms with E-state index in [-0.39, 0.29) is 18.6 Å². The lowest BCUT2D eigenvalue weighted by Gasteiger charge is -2.44. The second-order valence-electron chi connectivity index (χ2n) is 6.97. The average molecular weight is 473 g/mol. The Balaban J connectivity index is 1.92. The van der Waals surface area contributed by atoms with E-state index in [9.17, 15) is 30.7 Å². The van der Waals surface area contributed by atoms with Crippen molar-refractivity contribution in [3.05, 3.63) is 46.4 Å². The summed E-state index contributed by atoms with van der Waals surface area (Å²) < 4.78 is 112. The molecule has 0 amide bonds. The van der Waals surface area contributed by atoms with E-state index in [2.05, 4.69) is 14.7 Å². The highest BCUT2D eigenvalue weighted by Crippen LogP contribution is 2.54. The van der Waals surface area contributed by atoms with E-state index < -0.39 is 65.2 Å². The maximum absolute atomic E-state index is 14.7. The van der Waals surface area contributed by atoms with Gasteiger partial charge in [-0.1, -0.05) is 11.6 Å². The van der Waals surface area contributed by atoms with E-state index in [1.54, 1.807) is 0 Å². The third-order valence-corrected chi connectivity index (χ3v) is 5.48. The van der Waals surface area contributed by atoms with Gasteiger partial charge < -0.3 is 14.4 Å². The molecular formula is C18H13ClF7N3O2.